The zero-order valence-corrected chi connectivity index (χ0v) is 14.0. The van der Waals surface area contributed by atoms with Crippen LogP contribution in [0.3, 0.4) is 0 Å². The van der Waals surface area contributed by atoms with Crippen molar-refractivity contribution in [1.29, 1.82) is 0 Å². The molecule has 1 fully saturated rings. The lowest BCUT2D eigenvalue weighted by molar-refractivity contribution is 0.532. The SMILES string of the molecule is CC(C)n1cc(-c2nc(N)c(Br)c(C3CCCC3)n2)cn1. The molecular formula is C15H20BrN5. The van der Waals surface area contributed by atoms with Crippen molar-refractivity contribution in [2.75, 3.05) is 5.73 Å². The zero-order chi connectivity index (χ0) is 15.0. The summed E-state index contributed by atoms with van der Waals surface area (Å²) in [5.41, 5.74) is 8.03. The number of anilines is 1. The van der Waals surface area contributed by atoms with Gasteiger partial charge in [-0.25, -0.2) is 9.97 Å². The van der Waals surface area contributed by atoms with Crippen LogP contribution in [0, 0.1) is 0 Å². The Hall–Kier alpha value is -1.43. The van der Waals surface area contributed by atoms with Crippen molar-refractivity contribution in [2.45, 2.75) is 51.5 Å². The normalized spacial score (nSPS) is 16.0. The van der Waals surface area contributed by atoms with Crippen LogP contribution in [0.4, 0.5) is 5.82 Å². The van der Waals surface area contributed by atoms with E-state index in [4.69, 9.17) is 10.7 Å². The second-order valence-electron chi connectivity index (χ2n) is 5.92. The molecule has 0 unspecified atom stereocenters. The summed E-state index contributed by atoms with van der Waals surface area (Å²) in [5, 5.41) is 4.36. The van der Waals surface area contributed by atoms with Gasteiger partial charge in [0.1, 0.15) is 5.82 Å². The average molecular weight is 350 g/mol. The molecule has 1 aliphatic carbocycles. The number of aromatic nitrogens is 4. The summed E-state index contributed by atoms with van der Waals surface area (Å²) in [6.45, 7) is 4.19. The van der Waals surface area contributed by atoms with Crippen LogP contribution in [-0.4, -0.2) is 19.7 Å². The van der Waals surface area contributed by atoms with Crippen LogP contribution in [0.25, 0.3) is 11.4 Å². The molecule has 0 spiro atoms. The summed E-state index contributed by atoms with van der Waals surface area (Å²) in [6.07, 6.45) is 8.68. The van der Waals surface area contributed by atoms with E-state index in [1.807, 2.05) is 10.9 Å². The first-order chi connectivity index (χ1) is 10.1. The van der Waals surface area contributed by atoms with Gasteiger partial charge in [-0.15, -0.1) is 0 Å². The van der Waals surface area contributed by atoms with E-state index in [0.717, 1.165) is 15.7 Å². The number of rotatable bonds is 3. The summed E-state index contributed by atoms with van der Waals surface area (Å²) in [5.74, 6) is 1.67. The molecule has 2 N–H and O–H groups in total. The van der Waals surface area contributed by atoms with Gasteiger partial charge in [-0.2, -0.15) is 5.10 Å². The minimum atomic E-state index is 0.320. The Morgan fingerprint density at radius 2 is 2.00 bits per heavy atom. The lowest BCUT2D eigenvalue weighted by Crippen LogP contribution is -2.05. The Morgan fingerprint density at radius 1 is 1.29 bits per heavy atom. The van der Waals surface area contributed by atoms with E-state index in [2.05, 4.69) is 39.9 Å². The van der Waals surface area contributed by atoms with Crippen molar-refractivity contribution in [3.8, 4) is 11.4 Å². The molecule has 6 heteroatoms. The van der Waals surface area contributed by atoms with E-state index < -0.39 is 0 Å². The minimum absolute atomic E-state index is 0.320. The third-order valence-corrected chi connectivity index (χ3v) is 4.85. The number of hydrogen-bond acceptors (Lipinski definition) is 4. The fraction of sp³-hybridized carbons (Fsp3) is 0.533. The third kappa shape index (κ3) is 2.81. The topological polar surface area (TPSA) is 69.6 Å². The molecule has 1 saturated carbocycles. The fourth-order valence-corrected chi connectivity index (χ4v) is 3.32. The Morgan fingerprint density at radius 3 is 2.62 bits per heavy atom. The Bertz CT molecular complexity index is 644. The van der Waals surface area contributed by atoms with Gasteiger partial charge in [-0.1, -0.05) is 12.8 Å². The molecule has 5 nitrogen and oxygen atoms in total. The lowest BCUT2D eigenvalue weighted by Gasteiger charge is -2.13. The molecule has 112 valence electrons. The van der Waals surface area contributed by atoms with Crippen molar-refractivity contribution in [2.24, 2.45) is 0 Å². The summed E-state index contributed by atoms with van der Waals surface area (Å²) in [7, 11) is 0. The molecule has 0 aliphatic heterocycles. The van der Waals surface area contributed by atoms with Gasteiger partial charge in [0, 0.05) is 18.2 Å². The number of nitrogens with zero attached hydrogens (tertiary/aromatic N) is 4. The highest BCUT2D eigenvalue weighted by atomic mass is 79.9. The molecule has 2 heterocycles. The van der Waals surface area contributed by atoms with Gasteiger partial charge in [-0.3, -0.25) is 4.68 Å². The summed E-state index contributed by atoms with van der Waals surface area (Å²) >= 11 is 3.55. The number of nitrogens with two attached hydrogens (primary N) is 1. The quantitative estimate of drug-likeness (QED) is 0.911. The van der Waals surface area contributed by atoms with Gasteiger partial charge in [0.25, 0.3) is 0 Å². The van der Waals surface area contributed by atoms with Crippen molar-refractivity contribution in [3.05, 3.63) is 22.6 Å². The molecule has 0 aromatic carbocycles. The maximum atomic E-state index is 6.07. The first-order valence-corrected chi connectivity index (χ1v) is 8.23. The summed E-state index contributed by atoms with van der Waals surface area (Å²) in [6, 6.07) is 0.320. The van der Waals surface area contributed by atoms with Gasteiger partial charge in [0.15, 0.2) is 5.82 Å². The highest BCUT2D eigenvalue weighted by Crippen LogP contribution is 2.38. The third-order valence-electron chi connectivity index (χ3n) is 4.03. The van der Waals surface area contributed by atoms with E-state index in [1.165, 1.54) is 25.7 Å². The van der Waals surface area contributed by atoms with E-state index in [9.17, 15) is 0 Å². The predicted octanol–water partition coefficient (Wildman–Crippen LogP) is 3.92. The number of hydrogen-bond donors (Lipinski definition) is 1. The van der Waals surface area contributed by atoms with Crippen molar-refractivity contribution in [1.82, 2.24) is 19.7 Å². The summed E-state index contributed by atoms with van der Waals surface area (Å²) in [4.78, 5) is 9.18. The maximum absolute atomic E-state index is 6.07. The average Bonchev–Trinajstić information content (AvgIpc) is 3.11. The van der Waals surface area contributed by atoms with Crippen LogP contribution in [-0.2, 0) is 0 Å². The van der Waals surface area contributed by atoms with E-state index in [-0.39, 0.29) is 0 Å². The molecule has 1 aliphatic rings. The van der Waals surface area contributed by atoms with Crippen molar-refractivity contribution in [3.63, 3.8) is 0 Å². The van der Waals surface area contributed by atoms with Gasteiger partial charge in [0.05, 0.1) is 21.9 Å². The van der Waals surface area contributed by atoms with Gasteiger partial charge in [-0.05, 0) is 42.6 Å². The van der Waals surface area contributed by atoms with Gasteiger partial charge in [0.2, 0.25) is 0 Å². The van der Waals surface area contributed by atoms with E-state index >= 15 is 0 Å². The van der Waals surface area contributed by atoms with Crippen molar-refractivity contribution < 1.29 is 0 Å². The lowest BCUT2D eigenvalue weighted by atomic mass is 10.0. The molecule has 0 saturated heterocycles. The largest absolute Gasteiger partial charge is 0.383 e. The molecule has 2 aromatic heterocycles. The predicted molar refractivity (Wildman–Crippen MR) is 87.0 cm³/mol. The smallest absolute Gasteiger partial charge is 0.165 e. The molecule has 0 amide bonds. The number of halogens is 1. The molecular weight excluding hydrogens is 330 g/mol. The highest BCUT2D eigenvalue weighted by molar-refractivity contribution is 9.10. The van der Waals surface area contributed by atoms with Crippen LogP contribution in [0.5, 0.6) is 0 Å². The zero-order valence-electron chi connectivity index (χ0n) is 12.4. The second kappa shape index (κ2) is 5.75. The van der Waals surface area contributed by atoms with Crippen LogP contribution in [0.1, 0.15) is 57.2 Å². The molecule has 21 heavy (non-hydrogen) atoms. The first-order valence-electron chi connectivity index (χ1n) is 7.43. The minimum Gasteiger partial charge on any atom is -0.383 e. The van der Waals surface area contributed by atoms with Crippen LogP contribution in [0.2, 0.25) is 0 Å². The van der Waals surface area contributed by atoms with Crippen LogP contribution < -0.4 is 5.73 Å². The van der Waals surface area contributed by atoms with Crippen LogP contribution >= 0.6 is 15.9 Å². The van der Waals surface area contributed by atoms with Crippen LogP contribution in [0.15, 0.2) is 16.9 Å². The maximum Gasteiger partial charge on any atom is 0.165 e. The molecule has 3 rings (SSSR count). The van der Waals surface area contributed by atoms with E-state index in [1.54, 1.807) is 6.20 Å². The fourth-order valence-electron chi connectivity index (χ4n) is 2.82. The van der Waals surface area contributed by atoms with Gasteiger partial charge < -0.3 is 5.73 Å². The molecule has 0 bridgehead atoms. The number of nitrogen functional groups attached to an aromatic ring is 1. The first kappa shape index (κ1) is 14.5. The Labute approximate surface area is 133 Å². The summed E-state index contributed by atoms with van der Waals surface area (Å²) < 4.78 is 2.76. The second-order valence-corrected chi connectivity index (χ2v) is 6.71. The molecule has 0 radical (unpaired) electrons. The standard InChI is InChI=1S/C15H20BrN5/c1-9(2)21-8-11(7-18-21)15-19-13(10-5-3-4-6-10)12(16)14(17)20-15/h7-10H,3-6H2,1-2H3,(H2,17,19,20). The monoisotopic (exact) mass is 349 g/mol. The Balaban J connectivity index is 2.02. The van der Waals surface area contributed by atoms with Gasteiger partial charge >= 0.3 is 0 Å². The van der Waals surface area contributed by atoms with E-state index in [0.29, 0.717) is 23.6 Å². The highest BCUT2D eigenvalue weighted by Gasteiger charge is 2.23. The Kier molecular flexibility index (Phi) is 3.97. The van der Waals surface area contributed by atoms with Crippen molar-refractivity contribution >= 4 is 21.7 Å². The molecule has 2 aromatic rings. The molecule has 0 atom stereocenters.